The van der Waals surface area contributed by atoms with Crippen molar-refractivity contribution in [3.05, 3.63) is 54.4 Å². The maximum absolute atomic E-state index is 12.3. The first kappa shape index (κ1) is 12.5. The fourth-order valence-corrected chi connectivity index (χ4v) is 2.37. The summed E-state index contributed by atoms with van der Waals surface area (Å²) < 4.78 is 0. The van der Waals surface area contributed by atoms with Crippen molar-refractivity contribution in [3.8, 4) is 0 Å². The van der Waals surface area contributed by atoms with Gasteiger partial charge in [-0.15, -0.1) is 0 Å². The Bertz CT molecular complexity index is 628. The Morgan fingerprint density at radius 2 is 1.75 bits per heavy atom. The van der Waals surface area contributed by atoms with Crippen molar-refractivity contribution < 1.29 is 9.59 Å². The highest BCUT2D eigenvalue weighted by molar-refractivity contribution is 6.19. The molecule has 1 aliphatic heterocycles. The Morgan fingerprint density at radius 3 is 2.45 bits per heavy atom. The van der Waals surface area contributed by atoms with Crippen LogP contribution in [-0.2, 0) is 16.0 Å². The largest absolute Gasteiger partial charge is 0.274 e. The first-order chi connectivity index (χ1) is 9.75. The summed E-state index contributed by atoms with van der Waals surface area (Å²) in [5.41, 5.74) is 1.05. The molecule has 5 heteroatoms. The average molecular weight is 267 g/mol. The summed E-state index contributed by atoms with van der Waals surface area (Å²) in [5, 5.41) is 0. The minimum Gasteiger partial charge on any atom is -0.274 e. The predicted octanol–water partition coefficient (Wildman–Crippen LogP) is 1.60. The number of carbonyl (C=O) groups is 2. The van der Waals surface area contributed by atoms with Gasteiger partial charge in [-0.2, -0.15) is 0 Å². The van der Waals surface area contributed by atoms with Crippen LogP contribution in [0, 0.1) is 5.92 Å². The molecule has 20 heavy (non-hydrogen) atoms. The number of carbonyl (C=O) groups excluding carboxylic acids is 2. The van der Waals surface area contributed by atoms with Gasteiger partial charge in [-0.3, -0.25) is 9.59 Å². The van der Waals surface area contributed by atoms with E-state index in [9.17, 15) is 9.59 Å². The molecule has 0 N–H and O–H groups in total. The van der Waals surface area contributed by atoms with E-state index < -0.39 is 0 Å². The van der Waals surface area contributed by atoms with Crippen LogP contribution >= 0.6 is 0 Å². The van der Waals surface area contributed by atoms with Gasteiger partial charge in [0.1, 0.15) is 0 Å². The zero-order chi connectivity index (χ0) is 13.9. The number of imide groups is 1. The highest BCUT2D eigenvalue weighted by Gasteiger charge is 2.40. The van der Waals surface area contributed by atoms with Gasteiger partial charge < -0.3 is 0 Å². The van der Waals surface area contributed by atoms with E-state index in [4.69, 9.17) is 0 Å². The molecule has 0 aliphatic carbocycles. The monoisotopic (exact) mass is 267 g/mol. The number of hydrogen-bond donors (Lipinski definition) is 0. The van der Waals surface area contributed by atoms with Crippen molar-refractivity contribution in [2.75, 3.05) is 4.90 Å². The van der Waals surface area contributed by atoms with Crippen molar-refractivity contribution in [1.82, 2.24) is 9.97 Å². The molecule has 0 bridgehead atoms. The molecular formula is C15H13N3O2. The summed E-state index contributed by atoms with van der Waals surface area (Å²) in [6, 6.07) is 11.3. The van der Waals surface area contributed by atoms with Crippen LogP contribution in [0.4, 0.5) is 5.95 Å². The molecule has 1 aromatic heterocycles. The van der Waals surface area contributed by atoms with Gasteiger partial charge in [0.05, 0.1) is 5.92 Å². The van der Waals surface area contributed by atoms with Crippen molar-refractivity contribution in [1.29, 1.82) is 0 Å². The molecule has 2 aromatic rings. The zero-order valence-corrected chi connectivity index (χ0v) is 10.8. The normalized spacial score (nSPS) is 18.6. The molecule has 0 saturated carbocycles. The number of rotatable bonds is 3. The number of aromatic nitrogens is 2. The highest BCUT2D eigenvalue weighted by atomic mass is 16.2. The van der Waals surface area contributed by atoms with Crippen LogP contribution in [0.3, 0.4) is 0 Å². The van der Waals surface area contributed by atoms with Crippen molar-refractivity contribution >= 4 is 17.8 Å². The number of amides is 2. The average Bonchev–Trinajstić information content (AvgIpc) is 2.75. The van der Waals surface area contributed by atoms with Crippen LogP contribution in [-0.4, -0.2) is 21.8 Å². The second kappa shape index (κ2) is 5.21. The molecule has 3 rings (SSSR count). The third-order valence-corrected chi connectivity index (χ3v) is 3.32. The Balaban J connectivity index is 1.81. The third kappa shape index (κ3) is 2.30. The molecule has 1 fully saturated rings. The van der Waals surface area contributed by atoms with Gasteiger partial charge >= 0.3 is 0 Å². The summed E-state index contributed by atoms with van der Waals surface area (Å²) in [5.74, 6) is -0.612. The van der Waals surface area contributed by atoms with E-state index in [1.807, 2.05) is 30.3 Å². The van der Waals surface area contributed by atoms with Gasteiger partial charge in [0.15, 0.2) is 0 Å². The van der Waals surface area contributed by atoms with Gasteiger partial charge in [0.2, 0.25) is 17.8 Å². The maximum atomic E-state index is 12.3. The summed E-state index contributed by atoms with van der Waals surface area (Å²) in [6.07, 6.45) is 3.82. The van der Waals surface area contributed by atoms with E-state index in [2.05, 4.69) is 9.97 Å². The fraction of sp³-hybridized carbons (Fsp3) is 0.200. The minimum atomic E-state index is -0.325. The topological polar surface area (TPSA) is 63.2 Å². The number of hydrogen-bond acceptors (Lipinski definition) is 4. The van der Waals surface area contributed by atoms with Crippen molar-refractivity contribution in [2.45, 2.75) is 12.8 Å². The minimum absolute atomic E-state index is 0.165. The molecule has 1 saturated heterocycles. The molecule has 2 heterocycles. The predicted molar refractivity (Wildman–Crippen MR) is 72.8 cm³/mol. The lowest BCUT2D eigenvalue weighted by molar-refractivity contribution is -0.122. The maximum Gasteiger partial charge on any atom is 0.240 e. The first-order valence-corrected chi connectivity index (χ1v) is 6.43. The molecule has 1 atom stereocenters. The summed E-state index contributed by atoms with van der Waals surface area (Å²) in [7, 11) is 0. The molecule has 0 unspecified atom stereocenters. The van der Waals surface area contributed by atoms with Crippen LogP contribution in [0.15, 0.2) is 48.8 Å². The molecule has 2 amide bonds. The van der Waals surface area contributed by atoms with Crippen LogP contribution < -0.4 is 4.90 Å². The lowest BCUT2D eigenvalue weighted by Gasteiger charge is -2.12. The van der Waals surface area contributed by atoms with Crippen molar-refractivity contribution in [3.63, 3.8) is 0 Å². The van der Waals surface area contributed by atoms with E-state index in [-0.39, 0.29) is 30.1 Å². The number of anilines is 1. The smallest absolute Gasteiger partial charge is 0.240 e. The zero-order valence-electron chi connectivity index (χ0n) is 10.8. The van der Waals surface area contributed by atoms with E-state index in [1.54, 1.807) is 6.07 Å². The molecule has 0 spiro atoms. The first-order valence-electron chi connectivity index (χ1n) is 6.43. The summed E-state index contributed by atoms with van der Waals surface area (Å²) in [6.45, 7) is 0. The van der Waals surface area contributed by atoms with Crippen LogP contribution in [0.5, 0.6) is 0 Å². The quantitative estimate of drug-likeness (QED) is 0.792. The number of benzene rings is 1. The Labute approximate surface area is 116 Å². The van der Waals surface area contributed by atoms with Crippen LogP contribution in [0.1, 0.15) is 12.0 Å². The molecule has 0 radical (unpaired) electrons. The second-order valence-electron chi connectivity index (χ2n) is 4.71. The summed E-state index contributed by atoms with van der Waals surface area (Å²) >= 11 is 0. The lowest BCUT2D eigenvalue weighted by Crippen LogP contribution is -2.32. The second-order valence-corrected chi connectivity index (χ2v) is 4.71. The van der Waals surface area contributed by atoms with E-state index in [0.29, 0.717) is 6.42 Å². The standard InChI is InChI=1S/C15H13N3O2/c19-13-10-12(9-11-5-2-1-3-6-11)14(20)18(13)15-16-7-4-8-17-15/h1-8,12H,9-10H2/t12-/m1/s1. The third-order valence-electron chi connectivity index (χ3n) is 3.32. The summed E-state index contributed by atoms with van der Waals surface area (Å²) in [4.78, 5) is 33.4. The van der Waals surface area contributed by atoms with Gasteiger partial charge in [-0.05, 0) is 18.1 Å². The Hall–Kier alpha value is -2.56. The van der Waals surface area contributed by atoms with Crippen LogP contribution in [0.2, 0.25) is 0 Å². The van der Waals surface area contributed by atoms with Crippen molar-refractivity contribution in [2.24, 2.45) is 5.92 Å². The Morgan fingerprint density at radius 1 is 1.05 bits per heavy atom. The molecule has 5 nitrogen and oxygen atoms in total. The SMILES string of the molecule is O=C1C[C@@H](Cc2ccccc2)C(=O)N1c1ncccn1. The van der Waals surface area contributed by atoms with E-state index in [1.165, 1.54) is 12.4 Å². The Kier molecular flexibility index (Phi) is 3.25. The number of nitrogens with zero attached hydrogens (tertiary/aromatic N) is 3. The van der Waals surface area contributed by atoms with E-state index >= 15 is 0 Å². The van der Waals surface area contributed by atoms with Gasteiger partial charge in [0, 0.05) is 18.8 Å². The molecule has 100 valence electrons. The fourth-order valence-electron chi connectivity index (χ4n) is 2.37. The molecule has 1 aliphatic rings. The highest BCUT2D eigenvalue weighted by Crippen LogP contribution is 2.26. The van der Waals surface area contributed by atoms with Gasteiger partial charge in [-0.25, -0.2) is 14.9 Å². The van der Waals surface area contributed by atoms with E-state index in [0.717, 1.165) is 10.5 Å². The molecule has 1 aromatic carbocycles. The van der Waals surface area contributed by atoms with Gasteiger partial charge in [-0.1, -0.05) is 30.3 Å². The van der Waals surface area contributed by atoms with Crippen LogP contribution in [0.25, 0.3) is 0 Å². The molecular weight excluding hydrogens is 254 g/mol. The van der Waals surface area contributed by atoms with Gasteiger partial charge in [0.25, 0.3) is 0 Å². The lowest BCUT2D eigenvalue weighted by atomic mass is 9.98.